The molecule has 11 nitrogen and oxygen atoms in total. The van der Waals surface area contributed by atoms with E-state index in [2.05, 4.69) is 38.2 Å². The Balaban J connectivity index is 4.18. The summed E-state index contributed by atoms with van der Waals surface area (Å²) in [4.78, 5) is 46.2. The molecule has 3 unspecified atom stereocenters. The van der Waals surface area contributed by atoms with Gasteiger partial charge in [-0.25, -0.2) is 4.57 Å². The van der Waals surface area contributed by atoms with Gasteiger partial charge in [-0.2, -0.15) is 0 Å². The predicted molar refractivity (Wildman–Crippen MR) is 268 cm³/mol. The molecule has 0 amide bonds. The molecular formula is C53H100NO10P. The number of nitrogens with two attached hydrogens (primary N) is 1. The van der Waals surface area contributed by atoms with Crippen molar-refractivity contribution < 1.29 is 47.5 Å². The number of carbonyl (C=O) groups excluding carboxylic acids is 2. The van der Waals surface area contributed by atoms with Crippen LogP contribution < -0.4 is 5.73 Å². The first kappa shape index (κ1) is 63.0. The monoisotopic (exact) mass is 942 g/mol. The molecule has 0 radical (unpaired) electrons. The lowest BCUT2D eigenvalue weighted by Gasteiger charge is -2.20. The van der Waals surface area contributed by atoms with Gasteiger partial charge >= 0.3 is 25.7 Å². The van der Waals surface area contributed by atoms with E-state index in [0.29, 0.717) is 12.8 Å². The number of phosphoric acid groups is 1. The van der Waals surface area contributed by atoms with Crippen LogP contribution in [0.1, 0.15) is 264 Å². The number of allylic oxidation sites excluding steroid dienone is 4. The summed E-state index contributed by atoms with van der Waals surface area (Å²) in [7, 11) is -4.72. The number of ether oxygens (including phenoxy) is 2. The van der Waals surface area contributed by atoms with Gasteiger partial charge in [-0.3, -0.25) is 23.4 Å². The summed E-state index contributed by atoms with van der Waals surface area (Å²) in [6.07, 6.45) is 53.8. The van der Waals surface area contributed by atoms with Crippen LogP contribution in [0, 0.1) is 0 Å². The van der Waals surface area contributed by atoms with Crippen molar-refractivity contribution in [1.82, 2.24) is 0 Å². The maximum absolute atomic E-state index is 12.7. The molecule has 0 aliphatic heterocycles. The summed E-state index contributed by atoms with van der Waals surface area (Å²) < 4.78 is 32.9. The van der Waals surface area contributed by atoms with E-state index < -0.39 is 51.1 Å². The van der Waals surface area contributed by atoms with Crippen molar-refractivity contribution in [2.45, 2.75) is 276 Å². The Hall–Kier alpha value is -2.04. The highest BCUT2D eigenvalue weighted by molar-refractivity contribution is 7.47. The number of hydrogen-bond donors (Lipinski definition) is 3. The molecular weight excluding hydrogens is 842 g/mol. The number of carbonyl (C=O) groups is 3. The highest BCUT2D eigenvalue weighted by Crippen LogP contribution is 2.43. The maximum Gasteiger partial charge on any atom is 0.472 e. The van der Waals surface area contributed by atoms with Crippen molar-refractivity contribution in [2.75, 3.05) is 19.8 Å². The summed E-state index contributed by atoms with van der Waals surface area (Å²) in [5.74, 6) is -2.36. The molecule has 0 saturated carbocycles. The smallest absolute Gasteiger partial charge is 0.472 e. The maximum atomic E-state index is 12.7. The fourth-order valence-electron chi connectivity index (χ4n) is 7.75. The van der Waals surface area contributed by atoms with Crippen molar-refractivity contribution in [1.29, 1.82) is 0 Å². The van der Waals surface area contributed by atoms with Gasteiger partial charge in [0, 0.05) is 12.8 Å². The molecule has 3 atom stereocenters. The lowest BCUT2D eigenvalue weighted by molar-refractivity contribution is -0.161. The highest BCUT2D eigenvalue weighted by atomic mass is 31.2. The third-order valence-electron chi connectivity index (χ3n) is 12.0. The molecule has 0 aromatic heterocycles. The summed E-state index contributed by atoms with van der Waals surface area (Å²) in [6.45, 7) is 2.83. The van der Waals surface area contributed by atoms with Crippen LogP contribution in [-0.2, 0) is 37.5 Å². The molecule has 4 N–H and O–H groups in total. The number of aliphatic carboxylic acids is 1. The molecule has 0 aliphatic rings. The topological polar surface area (TPSA) is 172 Å². The lowest BCUT2D eigenvalue weighted by atomic mass is 10.0. The van der Waals surface area contributed by atoms with Crippen molar-refractivity contribution in [3.8, 4) is 0 Å². The van der Waals surface area contributed by atoms with Gasteiger partial charge in [0.2, 0.25) is 0 Å². The molecule has 0 rings (SSSR count). The number of carboxylic acid groups (broad SMARTS) is 1. The fraction of sp³-hybridized carbons (Fsp3) is 0.868. The van der Waals surface area contributed by atoms with Crippen LogP contribution in [0.5, 0.6) is 0 Å². The van der Waals surface area contributed by atoms with Crippen LogP contribution in [0.15, 0.2) is 24.3 Å². The molecule has 0 fully saturated rings. The Morgan fingerprint density at radius 3 is 1.23 bits per heavy atom. The first-order valence-electron chi connectivity index (χ1n) is 26.9. The van der Waals surface area contributed by atoms with E-state index in [1.54, 1.807) is 0 Å². The highest BCUT2D eigenvalue weighted by Gasteiger charge is 2.28. The van der Waals surface area contributed by atoms with E-state index >= 15 is 0 Å². The zero-order chi connectivity index (χ0) is 47.7. The number of esters is 2. The largest absolute Gasteiger partial charge is 0.480 e. The summed E-state index contributed by atoms with van der Waals surface area (Å²) >= 11 is 0. The van der Waals surface area contributed by atoms with Crippen molar-refractivity contribution in [3.05, 3.63) is 24.3 Å². The fourth-order valence-corrected chi connectivity index (χ4v) is 8.52. The van der Waals surface area contributed by atoms with Gasteiger partial charge in [-0.1, -0.05) is 231 Å². The second-order valence-corrected chi connectivity index (χ2v) is 19.8. The van der Waals surface area contributed by atoms with E-state index in [1.807, 2.05) is 0 Å². The molecule has 0 aromatic rings. The number of unbranched alkanes of at least 4 members (excludes halogenated alkanes) is 33. The third-order valence-corrected chi connectivity index (χ3v) is 12.9. The van der Waals surface area contributed by atoms with Crippen molar-refractivity contribution in [2.24, 2.45) is 5.73 Å². The van der Waals surface area contributed by atoms with E-state index in [4.69, 9.17) is 29.4 Å². The molecule has 0 aliphatic carbocycles. The van der Waals surface area contributed by atoms with Gasteiger partial charge in [-0.15, -0.1) is 0 Å². The van der Waals surface area contributed by atoms with Crippen molar-refractivity contribution >= 4 is 25.7 Å². The molecule has 0 bridgehead atoms. The average Bonchev–Trinajstić information content (AvgIpc) is 3.28. The van der Waals surface area contributed by atoms with E-state index in [1.165, 1.54) is 173 Å². The minimum absolute atomic E-state index is 0.160. The predicted octanol–water partition coefficient (Wildman–Crippen LogP) is 15.4. The summed E-state index contributed by atoms with van der Waals surface area (Å²) in [5.41, 5.74) is 5.36. The van der Waals surface area contributed by atoms with Gasteiger partial charge in [0.1, 0.15) is 12.6 Å². The lowest BCUT2D eigenvalue weighted by Crippen LogP contribution is -2.34. The zero-order valence-electron chi connectivity index (χ0n) is 41.8. The number of hydrogen-bond acceptors (Lipinski definition) is 9. The van der Waals surface area contributed by atoms with Crippen LogP contribution in [-0.4, -0.2) is 59.9 Å². The van der Waals surface area contributed by atoms with Crippen LogP contribution in [0.3, 0.4) is 0 Å². The van der Waals surface area contributed by atoms with Crippen LogP contribution in [0.2, 0.25) is 0 Å². The Morgan fingerprint density at radius 2 is 0.815 bits per heavy atom. The quantitative estimate of drug-likeness (QED) is 0.0229. The SMILES string of the molecule is CCCCC/C=C\C/C=C\CCCCCCCCCCCC(=O)OC(COC(=O)CCCCCCCCCCCCCCCCCCCCCCCC)COP(=O)(O)OCC(N)C(=O)O. The first-order valence-corrected chi connectivity index (χ1v) is 28.4. The van der Waals surface area contributed by atoms with Crippen LogP contribution in [0.4, 0.5) is 0 Å². The van der Waals surface area contributed by atoms with Crippen LogP contribution >= 0.6 is 7.82 Å². The Kier molecular flexibility index (Phi) is 46.9. The Labute approximate surface area is 398 Å². The molecule has 0 saturated heterocycles. The minimum Gasteiger partial charge on any atom is -0.480 e. The van der Waals surface area contributed by atoms with E-state index in [0.717, 1.165) is 51.4 Å². The molecule has 0 spiro atoms. The minimum atomic E-state index is -4.72. The Bertz CT molecular complexity index is 1200. The number of phosphoric ester groups is 1. The Morgan fingerprint density at radius 1 is 0.477 bits per heavy atom. The van der Waals surface area contributed by atoms with Gasteiger partial charge < -0.3 is 25.2 Å². The molecule has 0 aromatic carbocycles. The second-order valence-electron chi connectivity index (χ2n) is 18.4. The normalized spacial score (nSPS) is 13.7. The standard InChI is InChI=1S/C53H100NO10P/c1-3-5-7-9-11-13-15-17-19-21-23-24-25-27-28-30-32-34-36-38-40-42-44-51(55)61-46-49(47-62-65(59,60)63-48-50(54)53(57)58)64-52(56)45-43-41-39-37-35-33-31-29-26-22-20-18-16-14-12-10-8-6-4-2/h12,14,18,20,49-50H,3-11,13,15-17,19,21-48,54H2,1-2H3,(H,57,58)(H,59,60)/b14-12-,20-18-. The number of rotatable bonds is 51. The molecule has 382 valence electrons. The van der Waals surface area contributed by atoms with Gasteiger partial charge in [-0.05, 0) is 44.9 Å². The van der Waals surface area contributed by atoms with E-state index in [-0.39, 0.29) is 19.4 Å². The first-order chi connectivity index (χ1) is 31.6. The zero-order valence-corrected chi connectivity index (χ0v) is 42.7. The molecule has 65 heavy (non-hydrogen) atoms. The summed E-state index contributed by atoms with van der Waals surface area (Å²) in [5, 5.41) is 8.93. The van der Waals surface area contributed by atoms with Gasteiger partial charge in [0.05, 0.1) is 13.2 Å². The number of carboxylic acids is 1. The summed E-state index contributed by atoms with van der Waals surface area (Å²) in [6, 6.07) is -1.52. The van der Waals surface area contributed by atoms with Gasteiger partial charge in [0.15, 0.2) is 6.10 Å². The average molecular weight is 942 g/mol. The molecule has 12 heteroatoms. The van der Waals surface area contributed by atoms with E-state index in [9.17, 15) is 23.8 Å². The van der Waals surface area contributed by atoms with Gasteiger partial charge in [0.25, 0.3) is 0 Å². The van der Waals surface area contributed by atoms with Crippen LogP contribution in [0.25, 0.3) is 0 Å². The van der Waals surface area contributed by atoms with Crippen molar-refractivity contribution in [3.63, 3.8) is 0 Å². The second kappa shape index (κ2) is 48.4. The molecule has 0 heterocycles. The third kappa shape index (κ3) is 48.2.